The second-order valence-corrected chi connectivity index (χ2v) is 7.30. The number of carbonyl (C=O) groups is 1. The van der Waals surface area contributed by atoms with Gasteiger partial charge in [-0.15, -0.1) is 11.3 Å². The summed E-state index contributed by atoms with van der Waals surface area (Å²) in [6.07, 6.45) is 1.30. The van der Waals surface area contributed by atoms with Crippen molar-refractivity contribution in [2.24, 2.45) is 0 Å². The van der Waals surface area contributed by atoms with E-state index < -0.39 is 0 Å². The SMILES string of the molecule is O=C1CCc2cc(-c3csc(Nc4ccc5c(c4)OCCO5)n3)ccc2N1. The minimum atomic E-state index is 0.0785. The number of nitrogens with one attached hydrogen (secondary N) is 2. The first kappa shape index (κ1) is 16.1. The van der Waals surface area contributed by atoms with Crippen LogP contribution in [-0.4, -0.2) is 24.1 Å². The zero-order valence-corrected chi connectivity index (χ0v) is 15.3. The van der Waals surface area contributed by atoms with E-state index in [2.05, 4.69) is 16.7 Å². The molecule has 3 aromatic rings. The van der Waals surface area contributed by atoms with Crippen LogP contribution in [0.1, 0.15) is 12.0 Å². The van der Waals surface area contributed by atoms with Gasteiger partial charge in [0.2, 0.25) is 5.91 Å². The summed E-state index contributed by atoms with van der Waals surface area (Å²) in [7, 11) is 0. The van der Waals surface area contributed by atoms with Gasteiger partial charge < -0.3 is 20.1 Å². The van der Waals surface area contributed by atoms with Gasteiger partial charge in [-0.3, -0.25) is 4.79 Å². The fourth-order valence-electron chi connectivity index (χ4n) is 3.25. The predicted molar refractivity (Wildman–Crippen MR) is 105 cm³/mol. The summed E-state index contributed by atoms with van der Waals surface area (Å²) >= 11 is 1.55. The lowest BCUT2D eigenvalue weighted by molar-refractivity contribution is -0.116. The molecule has 5 rings (SSSR count). The second kappa shape index (κ2) is 6.59. The molecule has 0 spiro atoms. The number of hydrogen-bond acceptors (Lipinski definition) is 6. The van der Waals surface area contributed by atoms with E-state index in [-0.39, 0.29) is 5.91 Å². The number of rotatable bonds is 3. The van der Waals surface area contributed by atoms with Crippen LogP contribution in [0.4, 0.5) is 16.5 Å². The Morgan fingerprint density at radius 3 is 2.85 bits per heavy atom. The molecule has 136 valence electrons. The molecule has 2 N–H and O–H groups in total. The third-order valence-corrected chi connectivity index (χ3v) is 5.35. The van der Waals surface area contributed by atoms with Crippen LogP contribution in [0.2, 0.25) is 0 Å². The Hall–Kier alpha value is -3.06. The predicted octanol–water partition coefficient (Wildman–Crippen LogP) is 4.21. The van der Waals surface area contributed by atoms with Crippen LogP contribution >= 0.6 is 11.3 Å². The van der Waals surface area contributed by atoms with E-state index in [1.807, 2.05) is 35.7 Å². The zero-order valence-electron chi connectivity index (χ0n) is 14.5. The Balaban J connectivity index is 1.36. The van der Waals surface area contributed by atoms with E-state index >= 15 is 0 Å². The van der Waals surface area contributed by atoms with Crippen molar-refractivity contribution in [3.05, 3.63) is 47.3 Å². The van der Waals surface area contributed by atoms with Gasteiger partial charge in [0.1, 0.15) is 13.2 Å². The van der Waals surface area contributed by atoms with Crippen molar-refractivity contribution in [3.63, 3.8) is 0 Å². The molecule has 0 radical (unpaired) electrons. The molecule has 1 amide bonds. The lowest BCUT2D eigenvalue weighted by Crippen LogP contribution is -2.18. The Bertz CT molecular complexity index is 1030. The third kappa shape index (κ3) is 3.21. The molecular weight excluding hydrogens is 362 g/mol. The van der Waals surface area contributed by atoms with Gasteiger partial charge >= 0.3 is 0 Å². The molecule has 3 heterocycles. The van der Waals surface area contributed by atoms with Gasteiger partial charge in [0.15, 0.2) is 16.6 Å². The molecular formula is C20H17N3O3S. The van der Waals surface area contributed by atoms with Crippen LogP contribution in [0.5, 0.6) is 11.5 Å². The molecule has 0 atom stereocenters. The molecule has 1 aromatic heterocycles. The first-order chi connectivity index (χ1) is 13.2. The van der Waals surface area contributed by atoms with E-state index in [0.29, 0.717) is 19.6 Å². The minimum absolute atomic E-state index is 0.0785. The zero-order chi connectivity index (χ0) is 18.2. The fourth-order valence-corrected chi connectivity index (χ4v) is 3.99. The average molecular weight is 379 g/mol. The molecule has 2 aliphatic heterocycles. The van der Waals surface area contributed by atoms with Crippen molar-refractivity contribution < 1.29 is 14.3 Å². The highest BCUT2D eigenvalue weighted by Gasteiger charge is 2.16. The van der Waals surface area contributed by atoms with Gasteiger partial charge in [0, 0.05) is 34.8 Å². The lowest BCUT2D eigenvalue weighted by atomic mass is 9.99. The summed E-state index contributed by atoms with van der Waals surface area (Å²) < 4.78 is 11.2. The molecule has 0 saturated carbocycles. The molecule has 0 fully saturated rings. The molecule has 0 bridgehead atoms. The number of fused-ring (bicyclic) bond motifs is 2. The Kier molecular flexibility index (Phi) is 3.94. The van der Waals surface area contributed by atoms with Gasteiger partial charge in [0.25, 0.3) is 0 Å². The van der Waals surface area contributed by atoms with Crippen LogP contribution in [0, 0.1) is 0 Å². The van der Waals surface area contributed by atoms with Crippen LogP contribution in [0.15, 0.2) is 41.8 Å². The van der Waals surface area contributed by atoms with Gasteiger partial charge in [-0.2, -0.15) is 0 Å². The quantitative estimate of drug-likeness (QED) is 0.713. The Labute approximate surface area is 160 Å². The van der Waals surface area contributed by atoms with Crippen molar-refractivity contribution in [2.75, 3.05) is 23.8 Å². The molecule has 0 aliphatic carbocycles. The van der Waals surface area contributed by atoms with Gasteiger partial charge in [-0.1, -0.05) is 6.07 Å². The number of ether oxygens (including phenoxy) is 2. The minimum Gasteiger partial charge on any atom is -0.486 e. The molecule has 6 nitrogen and oxygen atoms in total. The number of aromatic nitrogens is 1. The lowest BCUT2D eigenvalue weighted by Gasteiger charge is -2.18. The monoisotopic (exact) mass is 379 g/mol. The summed E-state index contributed by atoms with van der Waals surface area (Å²) in [5.41, 5.74) is 4.94. The van der Waals surface area contributed by atoms with Gasteiger partial charge in [-0.25, -0.2) is 4.98 Å². The first-order valence-electron chi connectivity index (χ1n) is 8.80. The van der Waals surface area contributed by atoms with E-state index in [1.54, 1.807) is 11.3 Å². The Morgan fingerprint density at radius 1 is 1.04 bits per heavy atom. The summed E-state index contributed by atoms with van der Waals surface area (Å²) in [5.74, 6) is 1.60. The van der Waals surface area contributed by atoms with Gasteiger partial charge in [0.05, 0.1) is 5.69 Å². The molecule has 7 heteroatoms. The highest BCUT2D eigenvalue weighted by atomic mass is 32.1. The molecule has 27 heavy (non-hydrogen) atoms. The van der Waals surface area contributed by atoms with Crippen LogP contribution < -0.4 is 20.1 Å². The third-order valence-electron chi connectivity index (χ3n) is 4.59. The summed E-state index contributed by atoms with van der Waals surface area (Å²) in [4.78, 5) is 16.2. The molecule has 2 aliphatic rings. The van der Waals surface area contributed by atoms with E-state index in [4.69, 9.17) is 14.5 Å². The molecule has 0 saturated heterocycles. The van der Waals surface area contributed by atoms with Crippen molar-refractivity contribution in [2.45, 2.75) is 12.8 Å². The van der Waals surface area contributed by atoms with Crippen molar-refractivity contribution in [1.29, 1.82) is 0 Å². The highest BCUT2D eigenvalue weighted by molar-refractivity contribution is 7.14. The normalized spacial score (nSPS) is 15.0. The summed E-state index contributed by atoms with van der Waals surface area (Å²) in [5, 5.41) is 9.08. The standard InChI is InChI=1S/C20H17N3O3S/c24-19-6-2-12-9-13(1-4-15(12)22-19)16-11-27-20(23-16)21-14-3-5-17-18(10-14)26-8-7-25-17/h1,3-5,9-11H,2,6-8H2,(H,21,23)(H,22,24). The topological polar surface area (TPSA) is 72.5 Å². The average Bonchev–Trinajstić information content (AvgIpc) is 3.16. The van der Waals surface area contributed by atoms with Crippen molar-refractivity contribution in [3.8, 4) is 22.8 Å². The number of benzene rings is 2. The van der Waals surface area contributed by atoms with Crippen LogP contribution in [0.3, 0.4) is 0 Å². The Morgan fingerprint density at radius 2 is 1.93 bits per heavy atom. The van der Waals surface area contributed by atoms with Crippen LogP contribution in [-0.2, 0) is 11.2 Å². The van der Waals surface area contributed by atoms with E-state index in [1.165, 1.54) is 0 Å². The number of hydrogen-bond donors (Lipinski definition) is 2. The fraction of sp³-hybridized carbons (Fsp3) is 0.200. The highest BCUT2D eigenvalue weighted by Crippen LogP contribution is 2.35. The second-order valence-electron chi connectivity index (χ2n) is 6.44. The number of anilines is 3. The number of aryl methyl sites for hydroxylation is 1. The first-order valence-corrected chi connectivity index (χ1v) is 9.68. The summed E-state index contributed by atoms with van der Waals surface area (Å²) in [6.45, 7) is 1.15. The maximum atomic E-state index is 11.5. The van der Waals surface area contributed by atoms with Gasteiger partial charge in [-0.05, 0) is 36.2 Å². The van der Waals surface area contributed by atoms with Crippen molar-refractivity contribution >= 4 is 33.8 Å². The number of thiazole rings is 1. The van der Waals surface area contributed by atoms with E-state index in [0.717, 1.165) is 51.2 Å². The maximum absolute atomic E-state index is 11.5. The largest absolute Gasteiger partial charge is 0.486 e. The molecule has 0 unspecified atom stereocenters. The smallest absolute Gasteiger partial charge is 0.224 e. The number of nitrogens with zero attached hydrogens (tertiary/aromatic N) is 1. The number of amides is 1. The maximum Gasteiger partial charge on any atom is 0.224 e. The number of carbonyl (C=O) groups excluding carboxylic acids is 1. The van der Waals surface area contributed by atoms with Crippen LogP contribution in [0.25, 0.3) is 11.3 Å². The van der Waals surface area contributed by atoms with E-state index in [9.17, 15) is 4.79 Å². The molecule has 2 aromatic carbocycles. The summed E-state index contributed by atoms with van der Waals surface area (Å²) in [6, 6.07) is 11.8. The van der Waals surface area contributed by atoms with Crippen molar-refractivity contribution in [1.82, 2.24) is 4.98 Å².